The average molecular weight is 419 g/mol. The van der Waals surface area contributed by atoms with Crippen LogP contribution in [-0.4, -0.2) is 30.5 Å². The number of hydrogen-bond acceptors (Lipinski definition) is 4. The summed E-state index contributed by atoms with van der Waals surface area (Å²) >= 11 is 11.8. The van der Waals surface area contributed by atoms with E-state index in [1.807, 2.05) is 6.07 Å². The Morgan fingerprint density at radius 3 is 2.56 bits per heavy atom. The standard InChI is InChI=1S/C15H11Cl2F3N6O/c1-25-11(10(17)12(23-25)15(18,19)20)13(27)22-14-21-7-26(24-14)6-8-4-2-3-5-9(8)16/h2-5,7H,6H2,1H3,(H,22,24,27). The first-order chi connectivity index (χ1) is 12.7. The maximum absolute atomic E-state index is 12.8. The highest BCUT2D eigenvalue weighted by Crippen LogP contribution is 2.35. The normalized spacial score (nSPS) is 11.6. The van der Waals surface area contributed by atoms with Gasteiger partial charge in [0.1, 0.15) is 17.0 Å². The molecule has 0 spiro atoms. The second kappa shape index (κ2) is 7.20. The Labute approximate surface area is 160 Å². The summed E-state index contributed by atoms with van der Waals surface area (Å²) in [5, 5.41) is 9.35. The van der Waals surface area contributed by atoms with E-state index in [2.05, 4.69) is 20.5 Å². The van der Waals surface area contributed by atoms with Crippen molar-refractivity contribution in [1.29, 1.82) is 0 Å². The lowest BCUT2D eigenvalue weighted by molar-refractivity contribution is -0.141. The van der Waals surface area contributed by atoms with Crippen LogP contribution in [0.4, 0.5) is 19.1 Å². The lowest BCUT2D eigenvalue weighted by atomic mass is 10.2. The van der Waals surface area contributed by atoms with Crippen LogP contribution in [-0.2, 0) is 19.8 Å². The average Bonchev–Trinajstić information content (AvgIpc) is 3.13. The third-order valence-corrected chi connectivity index (χ3v) is 4.25. The smallest absolute Gasteiger partial charge is 0.288 e. The molecule has 0 fully saturated rings. The molecule has 3 rings (SSSR count). The number of benzene rings is 1. The Hall–Kier alpha value is -2.59. The molecule has 0 unspecified atom stereocenters. The van der Waals surface area contributed by atoms with Gasteiger partial charge in [-0.25, -0.2) is 9.67 Å². The summed E-state index contributed by atoms with van der Waals surface area (Å²) in [7, 11) is 1.18. The van der Waals surface area contributed by atoms with Crippen molar-refractivity contribution in [1.82, 2.24) is 24.5 Å². The van der Waals surface area contributed by atoms with Gasteiger partial charge in [0.15, 0.2) is 5.69 Å². The number of amides is 1. The molecule has 2 aromatic heterocycles. The molecular formula is C15H11Cl2F3N6O. The Morgan fingerprint density at radius 1 is 1.22 bits per heavy atom. The summed E-state index contributed by atoms with van der Waals surface area (Å²) in [4.78, 5) is 16.2. The highest BCUT2D eigenvalue weighted by atomic mass is 35.5. The highest BCUT2D eigenvalue weighted by Gasteiger charge is 2.39. The molecule has 12 heteroatoms. The van der Waals surface area contributed by atoms with Gasteiger partial charge < -0.3 is 0 Å². The van der Waals surface area contributed by atoms with Gasteiger partial charge in [0, 0.05) is 12.1 Å². The van der Waals surface area contributed by atoms with Gasteiger partial charge in [0.2, 0.25) is 5.95 Å². The zero-order valence-corrected chi connectivity index (χ0v) is 15.1. The van der Waals surface area contributed by atoms with Crippen molar-refractivity contribution < 1.29 is 18.0 Å². The number of aromatic nitrogens is 5. The van der Waals surface area contributed by atoms with Crippen molar-refractivity contribution in [3.05, 3.63) is 57.6 Å². The molecule has 2 heterocycles. The van der Waals surface area contributed by atoms with Gasteiger partial charge in [-0.1, -0.05) is 41.4 Å². The molecule has 1 N–H and O–H groups in total. The van der Waals surface area contributed by atoms with Gasteiger partial charge in [-0.3, -0.25) is 14.8 Å². The lowest BCUT2D eigenvalue weighted by Crippen LogP contribution is -2.17. The zero-order chi connectivity index (χ0) is 19.8. The third-order valence-electron chi connectivity index (χ3n) is 3.52. The quantitative estimate of drug-likeness (QED) is 0.701. The molecule has 0 aliphatic rings. The van der Waals surface area contributed by atoms with E-state index in [4.69, 9.17) is 23.2 Å². The predicted molar refractivity (Wildman–Crippen MR) is 91.7 cm³/mol. The molecule has 0 atom stereocenters. The van der Waals surface area contributed by atoms with E-state index in [9.17, 15) is 18.0 Å². The van der Waals surface area contributed by atoms with E-state index < -0.39 is 28.5 Å². The molecule has 0 saturated carbocycles. The summed E-state index contributed by atoms with van der Waals surface area (Å²) in [6.45, 7) is 0.299. The molecule has 7 nitrogen and oxygen atoms in total. The molecule has 1 aromatic carbocycles. The Kier molecular flexibility index (Phi) is 5.11. The number of nitrogens with zero attached hydrogens (tertiary/aromatic N) is 5. The fourth-order valence-electron chi connectivity index (χ4n) is 2.32. The van der Waals surface area contributed by atoms with E-state index in [-0.39, 0.29) is 5.95 Å². The largest absolute Gasteiger partial charge is 0.436 e. The second-order valence-electron chi connectivity index (χ2n) is 5.44. The Morgan fingerprint density at radius 2 is 1.93 bits per heavy atom. The summed E-state index contributed by atoms with van der Waals surface area (Å²) < 4.78 is 40.7. The Bertz CT molecular complexity index is 998. The van der Waals surface area contributed by atoms with Gasteiger partial charge in [-0.05, 0) is 11.6 Å². The van der Waals surface area contributed by atoms with Crippen molar-refractivity contribution in [3.8, 4) is 0 Å². The number of anilines is 1. The summed E-state index contributed by atoms with van der Waals surface area (Å²) in [5.41, 5.74) is -1.01. The van der Waals surface area contributed by atoms with Crippen LogP contribution in [0.5, 0.6) is 0 Å². The molecule has 0 saturated heterocycles. The minimum atomic E-state index is -4.78. The zero-order valence-electron chi connectivity index (χ0n) is 13.6. The van der Waals surface area contributed by atoms with E-state index >= 15 is 0 Å². The van der Waals surface area contributed by atoms with Gasteiger partial charge in [0.25, 0.3) is 5.91 Å². The van der Waals surface area contributed by atoms with Crippen LogP contribution in [0, 0.1) is 0 Å². The van der Waals surface area contributed by atoms with E-state index in [1.54, 1.807) is 18.2 Å². The number of hydrogen-bond donors (Lipinski definition) is 1. The molecule has 0 radical (unpaired) electrons. The van der Waals surface area contributed by atoms with Gasteiger partial charge in [-0.15, -0.1) is 5.10 Å². The molecule has 0 bridgehead atoms. The monoisotopic (exact) mass is 418 g/mol. The maximum atomic E-state index is 12.8. The predicted octanol–water partition coefficient (Wildman–Crippen LogP) is 3.64. The molecule has 3 aromatic rings. The minimum Gasteiger partial charge on any atom is -0.288 e. The SMILES string of the molecule is Cn1nc(C(F)(F)F)c(Cl)c1C(=O)Nc1ncn(Cc2ccccc2Cl)n1. The fourth-order valence-corrected chi connectivity index (χ4v) is 2.86. The number of aryl methyl sites for hydroxylation is 1. The maximum Gasteiger partial charge on any atom is 0.436 e. The van der Waals surface area contributed by atoms with Crippen LogP contribution >= 0.6 is 23.2 Å². The molecule has 0 aliphatic carbocycles. The first-order valence-corrected chi connectivity index (χ1v) is 8.16. The summed E-state index contributed by atoms with van der Waals surface area (Å²) in [6.07, 6.45) is -3.42. The highest BCUT2D eigenvalue weighted by molar-refractivity contribution is 6.34. The number of alkyl halides is 3. The molecule has 1 amide bonds. The van der Waals surface area contributed by atoms with Gasteiger partial charge in [-0.2, -0.15) is 18.3 Å². The summed E-state index contributed by atoms with van der Waals surface area (Å²) in [6, 6.07) is 7.12. The fraction of sp³-hybridized carbons (Fsp3) is 0.200. The first-order valence-electron chi connectivity index (χ1n) is 7.40. The minimum absolute atomic E-state index is 0.0992. The van der Waals surface area contributed by atoms with Crippen molar-refractivity contribution in [3.63, 3.8) is 0 Å². The topological polar surface area (TPSA) is 77.6 Å². The van der Waals surface area contributed by atoms with Crippen molar-refractivity contribution in [2.45, 2.75) is 12.7 Å². The van der Waals surface area contributed by atoms with E-state index in [0.717, 1.165) is 10.2 Å². The number of carbonyl (C=O) groups is 1. The van der Waals surface area contributed by atoms with Crippen molar-refractivity contribution in [2.75, 3.05) is 5.32 Å². The number of rotatable bonds is 4. The third kappa shape index (κ3) is 4.06. The van der Waals surface area contributed by atoms with Crippen LogP contribution in [0.25, 0.3) is 0 Å². The molecule has 0 aliphatic heterocycles. The first kappa shape index (κ1) is 19.2. The lowest BCUT2D eigenvalue weighted by Gasteiger charge is -2.04. The molecule has 27 heavy (non-hydrogen) atoms. The summed E-state index contributed by atoms with van der Waals surface area (Å²) in [5.74, 6) is -1.01. The van der Waals surface area contributed by atoms with Gasteiger partial charge >= 0.3 is 6.18 Å². The number of nitrogens with one attached hydrogen (secondary N) is 1. The number of carbonyl (C=O) groups excluding carboxylic acids is 1. The molecular weight excluding hydrogens is 408 g/mol. The van der Waals surface area contributed by atoms with Crippen LogP contribution in [0.1, 0.15) is 21.7 Å². The van der Waals surface area contributed by atoms with Crippen molar-refractivity contribution in [2.24, 2.45) is 7.05 Å². The van der Waals surface area contributed by atoms with E-state index in [0.29, 0.717) is 11.6 Å². The van der Waals surface area contributed by atoms with Crippen LogP contribution < -0.4 is 5.32 Å². The van der Waals surface area contributed by atoms with Crippen molar-refractivity contribution >= 4 is 35.1 Å². The number of halogens is 5. The van der Waals surface area contributed by atoms with Gasteiger partial charge in [0.05, 0.1) is 6.54 Å². The Balaban J connectivity index is 1.77. The van der Waals surface area contributed by atoms with Crippen LogP contribution in [0.15, 0.2) is 30.6 Å². The second-order valence-corrected chi connectivity index (χ2v) is 6.23. The molecule has 142 valence electrons. The van der Waals surface area contributed by atoms with Crippen LogP contribution in [0.3, 0.4) is 0 Å². The van der Waals surface area contributed by atoms with E-state index in [1.165, 1.54) is 18.1 Å². The van der Waals surface area contributed by atoms with Crippen LogP contribution in [0.2, 0.25) is 10.0 Å².